The highest BCUT2D eigenvalue weighted by Crippen LogP contribution is 2.49. The van der Waals surface area contributed by atoms with Gasteiger partial charge in [0.15, 0.2) is 8.07 Å². The molecule has 0 nitrogen and oxygen atoms in total. The number of benzene rings is 9. The van der Waals surface area contributed by atoms with Crippen molar-refractivity contribution in [1.82, 2.24) is 0 Å². The van der Waals surface area contributed by atoms with Crippen LogP contribution >= 0.6 is 0 Å². The lowest BCUT2D eigenvalue weighted by Gasteiger charge is -2.46. The lowest BCUT2D eigenvalue weighted by Crippen LogP contribution is -2.72. The number of allylic oxidation sites excluding steroid dienone is 4. The highest BCUT2D eigenvalue weighted by Gasteiger charge is 2.55. The van der Waals surface area contributed by atoms with Crippen LogP contribution in [0.2, 0.25) is 0 Å². The molecule has 1 heteroatoms. The first-order valence-corrected chi connectivity index (χ1v) is 27.1. The van der Waals surface area contributed by atoms with Crippen molar-refractivity contribution in [2.75, 3.05) is 0 Å². The summed E-state index contributed by atoms with van der Waals surface area (Å²) in [6.07, 6.45) is 0. The molecule has 0 saturated heterocycles. The molecule has 1 atom stereocenters. The van der Waals surface area contributed by atoms with E-state index in [2.05, 4.69) is 269 Å². The SMILES string of the molecule is CC1=C(C)C(C)C([Si](c2c(-c3ccccc3)cc(C)c(C)c2-c2ccccc2)(c2c(-c3ccccc3)cc(C)c(C)c2-c2ccccc2)c2c(-c3ccccc3)cc(C)c(C)c2-c2ccccc2)=C1C. The van der Waals surface area contributed by atoms with Crippen LogP contribution in [-0.2, 0) is 0 Å². The Hall–Kier alpha value is -7.32. The Morgan fingerprint density at radius 2 is 0.543 bits per heavy atom. The van der Waals surface area contributed by atoms with Gasteiger partial charge in [0.05, 0.1) is 0 Å². The van der Waals surface area contributed by atoms with E-state index in [4.69, 9.17) is 0 Å². The van der Waals surface area contributed by atoms with Crippen molar-refractivity contribution in [2.45, 2.75) is 69.2 Å². The second-order valence-electron chi connectivity index (χ2n) is 19.9. The lowest BCUT2D eigenvalue weighted by atomic mass is 9.90. The van der Waals surface area contributed by atoms with Crippen molar-refractivity contribution < 1.29 is 0 Å². The summed E-state index contributed by atoms with van der Waals surface area (Å²) in [6, 6.07) is 76.0. The van der Waals surface area contributed by atoms with Gasteiger partial charge in [0.2, 0.25) is 0 Å². The van der Waals surface area contributed by atoms with Crippen LogP contribution in [0.4, 0.5) is 0 Å². The summed E-state index contributed by atoms with van der Waals surface area (Å²) in [7, 11) is -3.89. The van der Waals surface area contributed by atoms with Gasteiger partial charge in [-0.3, -0.25) is 0 Å². The highest BCUT2D eigenvalue weighted by molar-refractivity contribution is 7.19. The van der Waals surface area contributed by atoms with Crippen LogP contribution < -0.4 is 15.6 Å². The third-order valence-electron chi connectivity index (χ3n) is 16.2. The van der Waals surface area contributed by atoms with Crippen LogP contribution in [0, 0.1) is 47.5 Å². The fourth-order valence-electron chi connectivity index (χ4n) is 12.1. The van der Waals surface area contributed by atoms with E-state index in [0.717, 1.165) is 0 Å². The van der Waals surface area contributed by atoms with Crippen molar-refractivity contribution in [2.24, 2.45) is 5.92 Å². The van der Waals surface area contributed by atoms with Gasteiger partial charge in [-0.15, -0.1) is 0 Å². The largest absolute Gasteiger partial charge is 0.180 e. The Kier molecular flexibility index (Phi) is 12.5. The number of rotatable bonds is 10. The molecule has 0 heterocycles. The van der Waals surface area contributed by atoms with Crippen molar-refractivity contribution in [3.8, 4) is 66.8 Å². The van der Waals surface area contributed by atoms with E-state index in [1.165, 1.54) is 132 Å². The molecule has 9 aromatic rings. The third-order valence-corrected chi connectivity index (χ3v) is 21.6. The summed E-state index contributed by atoms with van der Waals surface area (Å²) in [5, 5.41) is 5.92. The molecule has 0 aromatic heterocycles. The second-order valence-corrected chi connectivity index (χ2v) is 23.4. The van der Waals surface area contributed by atoms with Crippen LogP contribution in [0.15, 0.2) is 222 Å². The average Bonchev–Trinajstić information content (AvgIpc) is 3.59. The van der Waals surface area contributed by atoms with Crippen molar-refractivity contribution in [3.63, 3.8) is 0 Å². The monoisotopic (exact) mass is 920 g/mol. The first-order valence-electron chi connectivity index (χ1n) is 25.1. The minimum atomic E-state index is -3.89. The molecular formula is C69H64Si. The lowest BCUT2D eigenvalue weighted by molar-refractivity contribution is 0.852. The fraction of sp³-hybridized carbons (Fsp3) is 0.159. The van der Waals surface area contributed by atoms with E-state index in [0.29, 0.717) is 0 Å². The standard InChI is InChI=1S/C69H64Si/c1-44-41-60(54-29-17-11-18-30-54)67(63(47(44)4)57-35-23-14-24-36-57)70(66-52(9)50(7)51(8)53(66)10,68-61(55-31-19-12-20-32-55)42-45(2)48(5)64(68)58-37-25-15-26-38-58)69-62(56-33-21-13-22-34-56)43-46(3)49(6)65(69)59-39-27-16-28-40-59/h11-43,52H,1-10H3. The Balaban J connectivity index is 1.67. The highest BCUT2D eigenvalue weighted by atomic mass is 28.3. The van der Waals surface area contributed by atoms with Gasteiger partial charge in [0.1, 0.15) is 0 Å². The molecule has 1 aliphatic carbocycles. The third kappa shape index (κ3) is 7.59. The van der Waals surface area contributed by atoms with Crippen LogP contribution in [0.25, 0.3) is 66.8 Å². The molecule has 1 unspecified atom stereocenters. The minimum absolute atomic E-state index is 0.128. The Bertz CT molecular complexity index is 3140. The fourth-order valence-corrected chi connectivity index (χ4v) is 19.3. The van der Waals surface area contributed by atoms with E-state index in [9.17, 15) is 0 Å². The molecule has 0 spiro atoms. The minimum Gasteiger partial charge on any atom is -0.0636 e. The van der Waals surface area contributed by atoms with Crippen LogP contribution in [0.3, 0.4) is 0 Å². The smallest absolute Gasteiger partial charge is 0.0636 e. The second kappa shape index (κ2) is 18.9. The van der Waals surface area contributed by atoms with E-state index in [1.54, 1.807) is 5.20 Å². The predicted octanol–water partition coefficient (Wildman–Crippen LogP) is 16.9. The Morgan fingerprint density at radius 1 is 0.300 bits per heavy atom. The van der Waals surface area contributed by atoms with Gasteiger partial charge in [-0.05, 0) is 190 Å². The van der Waals surface area contributed by atoms with Crippen molar-refractivity contribution >= 4 is 23.6 Å². The molecule has 9 aromatic carbocycles. The maximum atomic E-state index is 2.56. The molecule has 0 N–H and O–H groups in total. The maximum absolute atomic E-state index is 3.89. The number of hydrogen-bond donors (Lipinski definition) is 0. The topological polar surface area (TPSA) is 0 Å². The average molecular weight is 921 g/mol. The van der Waals surface area contributed by atoms with E-state index >= 15 is 0 Å². The van der Waals surface area contributed by atoms with Crippen LogP contribution in [-0.4, -0.2) is 8.07 Å². The summed E-state index contributed by atoms with van der Waals surface area (Å²) in [6.45, 7) is 24.0. The molecule has 1 aliphatic rings. The molecule has 0 saturated carbocycles. The van der Waals surface area contributed by atoms with Gasteiger partial charge >= 0.3 is 0 Å². The predicted molar refractivity (Wildman–Crippen MR) is 305 cm³/mol. The summed E-state index contributed by atoms with van der Waals surface area (Å²) in [5.41, 5.74) is 27.5. The van der Waals surface area contributed by atoms with Gasteiger partial charge < -0.3 is 0 Å². The van der Waals surface area contributed by atoms with Crippen LogP contribution in [0.5, 0.6) is 0 Å². The first kappa shape index (κ1) is 46.4. The number of aryl methyl sites for hydroxylation is 3. The molecule has 344 valence electrons. The van der Waals surface area contributed by atoms with Gasteiger partial charge in [-0.2, -0.15) is 0 Å². The summed E-state index contributed by atoms with van der Waals surface area (Å²) >= 11 is 0. The van der Waals surface area contributed by atoms with Gasteiger partial charge in [0.25, 0.3) is 0 Å². The molecular weight excluding hydrogens is 857 g/mol. The molecule has 10 rings (SSSR count). The first-order chi connectivity index (χ1) is 33.9. The maximum Gasteiger partial charge on any atom is 0.180 e. The normalized spacial score (nSPS) is 13.9. The van der Waals surface area contributed by atoms with Crippen molar-refractivity contribution in [1.29, 1.82) is 0 Å². The molecule has 70 heavy (non-hydrogen) atoms. The van der Waals surface area contributed by atoms with E-state index in [-0.39, 0.29) is 5.92 Å². The van der Waals surface area contributed by atoms with Gasteiger partial charge in [0, 0.05) is 0 Å². The Morgan fingerprint density at radius 3 is 0.771 bits per heavy atom. The van der Waals surface area contributed by atoms with Crippen LogP contribution in [0.1, 0.15) is 61.1 Å². The molecule has 0 bridgehead atoms. The quantitative estimate of drug-likeness (QED) is 0.0947. The van der Waals surface area contributed by atoms with Gasteiger partial charge in [-0.1, -0.05) is 223 Å². The molecule has 0 radical (unpaired) electrons. The zero-order chi connectivity index (χ0) is 48.8. The molecule has 0 aliphatic heterocycles. The van der Waals surface area contributed by atoms with E-state index < -0.39 is 8.07 Å². The molecule has 0 amide bonds. The Labute approximate surface area is 418 Å². The zero-order valence-corrected chi connectivity index (χ0v) is 43.6. The molecule has 0 fully saturated rings. The summed E-state index contributed by atoms with van der Waals surface area (Å²) in [4.78, 5) is 0. The van der Waals surface area contributed by atoms with Crippen molar-refractivity contribution in [3.05, 3.63) is 255 Å². The number of hydrogen-bond acceptors (Lipinski definition) is 0. The van der Waals surface area contributed by atoms with E-state index in [1.807, 2.05) is 0 Å². The summed E-state index contributed by atoms with van der Waals surface area (Å²) in [5.74, 6) is 0.128. The summed E-state index contributed by atoms with van der Waals surface area (Å²) < 4.78 is 0. The van der Waals surface area contributed by atoms with Gasteiger partial charge in [-0.25, -0.2) is 0 Å². The zero-order valence-electron chi connectivity index (χ0n) is 42.6.